The summed E-state index contributed by atoms with van der Waals surface area (Å²) in [6, 6.07) is 5.69. The Labute approximate surface area is 77.3 Å². The second kappa shape index (κ2) is 3.26. The van der Waals surface area contributed by atoms with Gasteiger partial charge in [-0.25, -0.2) is 0 Å². The van der Waals surface area contributed by atoms with Crippen LogP contribution < -0.4 is 10.1 Å². The van der Waals surface area contributed by atoms with Gasteiger partial charge in [0.1, 0.15) is 5.75 Å². The fraction of sp³-hybridized carbons (Fsp3) is 0.400. The van der Waals surface area contributed by atoms with Crippen LogP contribution >= 0.6 is 0 Å². The van der Waals surface area contributed by atoms with Gasteiger partial charge in [-0.15, -0.1) is 0 Å². The fourth-order valence-corrected chi connectivity index (χ4v) is 1.61. The molecule has 3 nitrogen and oxygen atoms in total. The van der Waals surface area contributed by atoms with E-state index >= 15 is 0 Å². The highest BCUT2D eigenvalue weighted by Crippen LogP contribution is 2.32. The molecule has 0 amide bonds. The molecule has 0 radical (unpaired) electrons. The van der Waals surface area contributed by atoms with Crippen molar-refractivity contribution < 1.29 is 9.84 Å². The Morgan fingerprint density at radius 2 is 2.38 bits per heavy atom. The topological polar surface area (TPSA) is 41.5 Å². The standard InChI is InChI=1S/C10H13NO2/c1-13-7-2-3-8-9(6-7)11-5-4-10(8)12/h2-3,6,10-12H,4-5H2,1H3. The summed E-state index contributed by atoms with van der Waals surface area (Å²) in [6.45, 7) is 0.821. The molecule has 0 aliphatic carbocycles. The van der Waals surface area contributed by atoms with Crippen molar-refractivity contribution in [3.63, 3.8) is 0 Å². The molecule has 2 rings (SSSR count). The summed E-state index contributed by atoms with van der Waals surface area (Å²) in [5.74, 6) is 0.820. The van der Waals surface area contributed by atoms with Gasteiger partial charge in [-0.1, -0.05) is 6.07 Å². The first-order valence-corrected chi connectivity index (χ1v) is 4.41. The molecule has 70 valence electrons. The molecule has 1 aliphatic heterocycles. The highest BCUT2D eigenvalue weighted by atomic mass is 16.5. The Morgan fingerprint density at radius 3 is 3.15 bits per heavy atom. The van der Waals surface area contributed by atoms with Crippen molar-refractivity contribution in [1.82, 2.24) is 0 Å². The predicted molar refractivity (Wildman–Crippen MR) is 51.1 cm³/mol. The Bertz CT molecular complexity index is 312. The van der Waals surface area contributed by atoms with Crippen molar-refractivity contribution in [2.45, 2.75) is 12.5 Å². The van der Waals surface area contributed by atoms with Gasteiger partial charge in [-0.3, -0.25) is 0 Å². The Balaban J connectivity index is 2.39. The van der Waals surface area contributed by atoms with E-state index in [1.807, 2.05) is 18.2 Å². The van der Waals surface area contributed by atoms with Crippen molar-refractivity contribution in [3.05, 3.63) is 23.8 Å². The number of fused-ring (bicyclic) bond motifs is 1. The zero-order valence-corrected chi connectivity index (χ0v) is 7.58. The summed E-state index contributed by atoms with van der Waals surface area (Å²) < 4.78 is 5.09. The Hall–Kier alpha value is -1.22. The smallest absolute Gasteiger partial charge is 0.120 e. The molecule has 1 aromatic rings. The van der Waals surface area contributed by atoms with Crippen LogP contribution in [0.15, 0.2) is 18.2 Å². The van der Waals surface area contributed by atoms with E-state index in [2.05, 4.69) is 5.32 Å². The number of benzene rings is 1. The molecule has 1 unspecified atom stereocenters. The first kappa shape index (κ1) is 8.38. The van der Waals surface area contributed by atoms with E-state index < -0.39 is 0 Å². The van der Waals surface area contributed by atoms with Gasteiger partial charge in [0.25, 0.3) is 0 Å². The molecule has 0 bridgehead atoms. The van der Waals surface area contributed by atoms with Gasteiger partial charge in [0.05, 0.1) is 13.2 Å². The van der Waals surface area contributed by atoms with E-state index in [-0.39, 0.29) is 6.10 Å². The van der Waals surface area contributed by atoms with Crippen LogP contribution in [0.5, 0.6) is 5.75 Å². The molecular weight excluding hydrogens is 166 g/mol. The van der Waals surface area contributed by atoms with Crippen LogP contribution in [0.3, 0.4) is 0 Å². The molecule has 1 atom stereocenters. The number of hydrogen-bond acceptors (Lipinski definition) is 3. The highest BCUT2D eigenvalue weighted by Gasteiger charge is 2.17. The average molecular weight is 179 g/mol. The molecule has 2 N–H and O–H groups in total. The number of anilines is 1. The lowest BCUT2D eigenvalue weighted by Gasteiger charge is -2.23. The van der Waals surface area contributed by atoms with Crippen LogP contribution in [0.1, 0.15) is 18.1 Å². The van der Waals surface area contributed by atoms with Crippen LogP contribution in [-0.4, -0.2) is 18.8 Å². The number of hydrogen-bond donors (Lipinski definition) is 2. The average Bonchev–Trinajstić information content (AvgIpc) is 2.18. The summed E-state index contributed by atoms with van der Waals surface area (Å²) in [7, 11) is 1.64. The number of nitrogens with one attached hydrogen (secondary N) is 1. The number of aliphatic hydroxyl groups excluding tert-OH is 1. The quantitative estimate of drug-likeness (QED) is 0.687. The molecule has 3 heteroatoms. The summed E-state index contributed by atoms with van der Waals surface area (Å²) in [4.78, 5) is 0. The Morgan fingerprint density at radius 1 is 1.54 bits per heavy atom. The summed E-state index contributed by atoms with van der Waals surface area (Å²) >= 11 is 0. The van der Waals surface area contributed by atoms with E-state index in [1.165, 1.54) is 0 Å². The van der Waals surface area contributed by atoms with Gasteiger partial charge in [0, 0.05) is 23.9 Å². The zero-order valence-electron chi connectivity index (χ0n) is 7.58. The van der Waals surface area contributed by atoms with Gasteiger partial charge in [-0.2, -0.15) is 0 Å². The molecule has 0 saturated carbocycles. The minimum Gasteiger partial charge on any atom is -0.497 e. The molecular formula is C10H13NO2. The van der Waals surface area contributed by atoms with Crippen LogP contribution in [-0.2, 0) is 0 Å². The van der Waals surface area contributed by atoms with E-state index in [4.69, 9.17) is 4.74 Å². The number of aliphatic hydroxyl groups is 1. The maximum Gasteiger partial charge on any atom is 0.120 e. The van der Waals surface area contributed by atoms with Crippen molar-refractivity contribution in [2.24, 2.45) is 0 Å². The van der Waals surface area contributed by atoms with Crippen molar-refractivity contribution in [2.75, 3.05) is 19.0 Å². The van der Waals surface area contributed by atoms with Gasteiger partial charge < -0.3 is 15.2 Å². The molecule has 1 heterocycles. The number of ether oxygens (including phenoxy) is 1. The molecule has 0 fully saturated rings. The predicted octanol–water partition coefficient (Wildman–Crippen LogP) is 1.54. The summed E-state index contributed by atoms with van der Waals surface area (Å²) in [5.41, 5.74) is 1.95. The Kier molecular flexibility index (Phi) is 2.10. The minimum absolute atomic E-state index is 0.331. The zero-order chi connectivity index (χ0) is 9.26. The van der Waals surface area contributed by atoms with Crippen molar-refractivity contribution in [1.29, 1.82) is 0 Å². The number of rotatable bonds is 1. The summed E-state index contributed by atoms with van der Waals surface area (Å²) in [5, 5.41) is 12.9. The second-order valence-electron chi connectivity index (χ2n) is 3.18. The van der Waals surface area contributed by atoms with Gasteiger partial charge in [0.15, 0.2) is 0 Å². The first-order valence-electron chi connectivity index (χ1n) is 4.41. The second-order valence-corrected chi connectivity index (χ2v) is 3.18. The molecule has 0 spiro atoms. The third-order valence-electron chi connectivity index (χ3n) is 2.35. The third kappa shape index (κ3) is 1.47. The molecule has 0 saturated heterocycles. The van der Waals surface area contributed by atoms with Gasteiger partial charge in [0.2, 0.25) is 0 Å². The first-order chi connectivity index (χ1) is 6.31. The maximum absolute atomic E-state index is 9.64. The third-order valence-corrected chi connectivity index (χ3v) is 2.35. The normalized spacial score (nSPS) is 20.3. The van der Waals surface area contributed by atoms with Crippen LogP contribution in [0.2, 0.25) is 0 Å². The van der Waals surface area contributed by atoms with Gasteiger partial charge in [-0.05, 0) is 12.5 Å². The summed E-state index contributed by atoms with van der Waals surface area (Å²) in [6.07, 6.45) is 0.446. The SMILES string of the molecule is COc1ccc2c(c1)NCCC2O. The minimum atomic E-state index is -0.331. The van der Waals surface area contributed by atoms with E-state index in [1.54, 1.807) is 7.11 Å². The van der Waals surface area contributed by atoms with Crippen molar-refractivity contribution in [3.8, 4) is 5.75 Å². The lowest BCUT2D eigenvalue weighted by molar-refractivity contribution is 0.168. The van der Waals surface area contributed by atoms with Crippen LogP contribution in [0, 0.1) is 0 Å². The fourth-order valence-electron chi connectivity index (χ4n) is 1.61. The van der Waals surface area contributed by atoms with Gasteiger partial charge >= 0.3 is 0 Å². The van der Waals surface area contributed by atoms with E-state index in [0.29, 0.717) is 0 Å². The molecule has 13 heavy (non-hydrogen) atoms. The lowest BCUT2D eigenvalue weighted by atomic mass is 10.0. The van der Waals surface area contributed by atoms with E-state index in [9.17, 15) is 5.11 Å². The van der Waals surface area contributed by atoms with Crippen LogP contribution in [0.25, 0.3) is 0 Å². The highest BCUT2D eigenvalue weighted by molar-refractivity contribution is 5.57. The van der Waals surface area contributed by atoms with E-state index in [0.717, 1.165) is 30.0 Å². The molecule has 1 aromatic carbocycles. The maximum atomic E-state index is 9.64. The lowest BCUT2D eigenvalue weighted by Crippen LogP contribution is -2.16. The van der Waals surface area contributed by atoms with Crippen molar-refractivity contribution >= 4 is 5.69 Å². The van der Waals surface area contributed by atoms with Crippen LogP contribution in [0.4, 0.5) is 5.69 Å². The molecule has 0 aromatic heterocycles. The number of methoxy groups -OCH3 is 1. The largest absolute Gasteiger partial charge is 0.497 e. The molecule has 1 aliphatic rings. The monoisotopic (exact) mass is 179 g/mol.